The average molecular weight is 258 g/mol. The second-order valence-electron chi connectivity index (χ2n) is 3.86. The maximum absolute atomic E-state index is 10.9. The Labute approximate surface area is 107 Å². The second kappa shape index (κ2) is 4.58. The first-order valence-electron chi connectivity index (χ1n) is 5.40. The molecule has 0 fully saturated rings. The fraction of sp³-hybridized carbons (Fsp3) is 0.0833. The van der Waals surface area contributed by atoms with Crippen molar-refractivity contribution < 1.29 is 0 Å². The summed E-state index contributed by atoms with van der Waals surface area (Å²) in [5, 5.41) is 8.54. The third-order valence-electron chi connectivity index (χ3n) is 2.51. The van der Waals surface area contributed by atoms with Crippen LogP contribution in [0.25, 0.3) is 10.6 Å². The van der Waals surface area contributed by atoms with Gasteiger partial charge in [-0.25, -0.2) is 10.1 Å². The van der Waals surface area contributed by atoms with Gasteiger partial charge in [0.2, 0.25) is 0 Å². The molecule has 0 saturated heterocycles. The number of H-pyrrole nitrogens is 1. The molecule has 0 spiro atoms. The molecule has 0 bridgehead atoms. The summed E-state index contributed by atoms with van der Waals surface area (Å²) >= 11 is 1.61. The molecule has 0 aliphatic heterocycles. The highest BCUT2D eigenvalue weighted by molar-refractivity contribution is 7.13. The van der Waals surface area contributed by atoms with Crippen LogP contribution in [0.1, 0.15) is 5.56 Å². The minimum Gasteiger partial charge on any atom is -0.333 e. The fourth-order valence-electron chi connectivity index (χ4n) is 1.67. The third kappa shape index (κ3) is 2.23. The van der Waals surface area contributed by atoms with Gasteiger partial charge in [-0.3, -0.25) is 4.79 Å². The van der Waals surface area contributed by atoms with Crippen LogP contribution in [-0.4, -0.2) is 19.7 Å². The fourth-order valence-corrected chi connectivity index (χ4v) is 2.54. The second-order valence-corrected chi connectivity index (χ2v) is 4.77. The lowest BCUT2D eigenvalue weighted by molar-refractivity contribution is 0.800. The van der Waals surface area contributed by atoms with Crippen molar-refractivity contribution in [2.24, 2.45) is 0 Å². The van der Waals surface area contributed by atoms with Crippen molar-refractivity contribution >= 4 is 11.3 Å². The van der Waals surface area contributed by atoms with Crippen molar-refractivity contribution in [3.05, 3.63) is 58.2 Å². The molecular weight excluding hydrogens is 248 g/mol. The molecule has 0 atom stereocenters. The predicted octanol–water partition coefficient (Wildman–Crippen LogP) is 1.74. The third-order valence-corrected chi connectivity index (χ3v) is 3.51. The number of thiophene rings is 1. The monoisotopic (exact) mass is 258 g/mol. The summed E-state index contributed by atoms with van der Waals surface area (Å²) in [5.41, 5.74) is 1.80. The molecule has 0 unspecified atom stereocenters. The number of imidazole rings is 1. The highest BCUT2D eigenvalue weighted by atomic mass is 32.1. The first kappa shape index (κ1) is 10.9. The lowest BCUT2D eigenvalue weighted by Gasteiger charge is -1.97. The van der Waals surface area contributed by atoms with E-state index in [0.29, 0.717) is 0 Å². The van der Waals surface area contributed by atoms with E-state index in [1.807, 2.05) is 10.8 Å². The van der Waals surface area contributed by atoms with Crippen LogP contribution in [0.4, 0.5) is 0 Å². The summed E-state index contributed by atoms with van der Waals surface area (Å²) in [6.45, 7) is 0.792. The maximum Gasteiger partial charge on any atom is 0.264 e. The molecule has 3 aromatic heterocycles. The smallest absolute Gasteiger partial charge is 0.264 e. The summed E-state index contributed by atoms with van der Waals surface area (Å²) in [5.74, 6) is 0. The molecule has 18 heavy (non-hydrogen) atoms. The van der Waals surface area contributed by atoms with E-state index in [1.165, 1.54) is 11.6 Å². The van der Waals surface area contributed by atoms with Crippen LogP contribution in [0, 0.1) is 0 Å². The van der Waals surface area contributed by atoms with E-state index in [9.17, 15) is 4.79 Å². The van der Waals surface area contributed by atoms with Crippen LogP contribution < -0.4 is 5.56 Å². The van der Waals surface area contributed by atoms with Gasteiger partial charge in [-0.05, 0) is 23.1 Å². The number of nitrogens with one attached hydrogen (secondary N) is 1. The van der Waals surface area contributed by atoms with Crippen molar-refractivity contribution in [2.75, 3.05) is 0 Å². The van der Waals surface area contributed by atoms with E-state index in [1.54, 1.807) is 29.9 Å². The highest BCUT2D eigenvalue weighted by Gasteiger charge is 2.04. The molecule has 90 valence electrons. The summed E-state index contributed by atoms with van der Waals surface area (Å²) in [6.07, 6.45) is 5.47. The molecule has 0 aliphatic carbocycles. The number of rotatable bonds is 3. The van der Waals surface area contributed by atoms with Crippen molar-refractivity contribution in [3.63, 3.8) is 0 Å². The highest BCUT2D eigenvalue weighted by Crippen LogP contribution is 2.25. The van der Waals surface area contributed by atoms with Gasteiger partial charge in [-0.1, -0.05) is 0 Å². The zero-order valence-corrected chi connectivity index (χ0v) is 10.2. The molecule has 0 radical (unpaired) electrons. The Hall–Kier alpha value is -2.21. The lowest BCUT2D eigenvalue weighted by atomic mass is 10.2. The van der Waals surface area contributed by atoms with E-state index in [2.05, 4.69) is 26.6 Å². The number of aromatic amines is 1. The minimum atomic E-state index is -0.186. The molecule has 0 amide bonds. The molecule has 0 aliphatic rings. The molecule has 3 rings (SSSR count). The molecule has 3 aromatic rings. The van der Waals surface area contributed by atoms with Gasteiger partial charge >= 0.3 is 0 Å². The predicted molar refractivity (Wildman–Crippen MR) is 69.5 cm³/mol. The number of hydrogen-bond acceptors (Lipinski definition) is 4. The summed E-state index contributed by atoms with van der Waals surface area (Å²) in [4.78, 5) is 16.0. The van der Waals surface area contributed by atoms with Gasteiger partial charge in [0, 0.05) is 25.0 Å². The van der Waals surface area contributed by atoms with Crippen LogP contribution in [0.2, 0.25) is 0 Å². The zero-order valence-electron chi connectivity index (χ0n) is 9.41. The van der Waals surface area contributed by atoms with E-state index in [4.69, 9.17) is 0 Å². The van der Waals surface area contributed by atoms with Gasteiger partial charge in [0.15, 0.2) is 0 Å². The number of hydrogen-bond donors (Lipinski definition) is 1. The average Bonchev–Trinajstić information content (AvgIpc) is 3.02. The standard InChI is InChI=1S/C12H10N4OS/c17-12-2-1-10(14-15-12)11-5-9(7-18-11)6-16-4-3-13-8-16/h1-5,7-8H,6H2,(H,15,17). The van der Waals surface area contributed by atoms with Gasteiger partial charge in [-0.15, -0.1) is 11.3 Å². The molecule has 0 aromatic carbocycles. The minimum absolute atomic E-state index is 0.186. The Balaban J connectivity index is 1.85. The largest absolute Gasteiger partial charge is 0.333 e. The molecule has 5 nitrogen and oxygen atoms in total. The van der Waals surface area contributed by atoms with Crippen LogP contribution in [0.3, 0.4) is 0 Å². The Morgan fingerprint density at radius 1 is 1.39 bits per heavy atom. The number of nitrogens with zero attached hydrogens (tertiary/aromatic N) is 3. The first-order valence-corrected chi connectivity index (χ1v) is 6.28. The Kier molecular flexibility index (Phi) is 2.77. The van der Waals surface area contributed by atoms with Crippen LogP contribution in [0.15, 0.2) is 47.1 Å². The van der Waals surface area contributed by atoms with Crippen molar-refractivity contribution in [3.8, 4) is 10.6 Å². The molecule has 0 saturated carbocycles. The lowest BCUT2D eigenvalue weighted by Crippen LogP contribution is -2.05. The van der Waals surface area contributed by atoms with Crippen molar-refractivity contribution in [1.82, 2.24) is 19.7 Å². The normalized spacial score (nSPS) is 10.7. The summed E-state index contributed by atoms with van der Waals surface area (Å²) < 4.78 is 2.01. The van der Waals surface area contributed by atoms with E-state index in [0.717, 1.165) is 17.1 Å². The Bertz CT molecular complexity index is 678. The van der Waals surface area contributed by atoms with Gasteiger partial charge in [0.1, 0.15) is 5.69 Å². The van der Waals surface area contributed by atoms with Crippen molar-refractivity contribution in [1.29, 1.82) is 0 Å². The summed E-state index contributed by atoms with van der Waals surface area (Å²) in [6, 6.07) is 5.29. The topological polar surface area (TPSA) is 63.6 Å². The zero-order chi connectivity index (χ0) is 12.4. The first-order chi connectivity index (χ1) is 8.81. The molecular formula is C12H10N4OS. The number of aromatic nitrogens is 4. The van der Waals surface area contributed by atoms with E-state index in [-0.39, 0.29) is 5.56 Å². The van der Waals surface area contributed by atoms with Gasteiger partial charge in [0.25, 0.3) is 5.56 Å². The molecule has 6 heteroatoms. The SMILES string of the molecule is O=c1ccc(-c2cc(Cn3ccnc3)cs2)n[nH]1. The van der Waals surface area contributed by atoms with Gasteiger partial charge in [0.05, 0.1) is 11.2 Å². The van der Waals surface area contributed by atoms with Crippen LogP contribution in [-0.2, 0) is 6.54 Å². The van der Waals surface area contributed by atoms with E-state index >= 15 is 0 Å². The van der Waals surface area contributed by atoms with E-state index < -0.39 is 0 Å². The Morgan fingerprint density at radius 2 is 2.33 bits per heavy atom. The van der Waals surface area contributed by atoms with Crippen molar-refractivity contribution in [2.45, 2.75) is 6.54 Å². The molecule has 1 N–H and O–H groups in total. The van der Waals surface area contributed by atoms with Gasteiger partial charge < -0.3 is 4.57 Å². The van der Waals surface area contributed by atoms with Gasteiger partial charge in [-0.2, -0.15) is 5.10 Å². The Morgan fingerprint density at radius 3 is 3.06 bits per heavy atom. The molecule has 3 heterocycles. The quantitative estimate of drug-likeness (QED) is 0.778. The van der Waals surface area contributed by atoms with Crippen LogP contribution in [0.5, 0.6) is 0 Å². The van der Waals surface area contributed by atoms with Crippen LogP contribution >= 0.6 is 11.3 Å². The summed E-state index contributed by atoms with van der Waals surface area (Å²) in [7, 11) is 0. The maximum atomic E-state index is 10.9.